The lowest BCUT2D eigenvalue weighted by atomic mass is 10.2. The van der Waals surface area contributed by atoms with Gasteiger partial charge in [0.25, 0.3) is 0 Å². The first-order valence-electron chi connectivity index (χ1n) is 6.62. The van der Waals surface area contributed by atoms with Crippen molar-refractivity contribution in [1.29, 1.82) is 0 Å². The van der Waals surface area contributed by atoms with Crippen LogP contribution < -0.4 is 9.64 Å². The number of anilines is 1. The fraction of sp³-hybridized carbons (Fsp3) is 0.333. The molecular formula is C15H18N2O3. The number of nitrogens with zero attached hydrogens (tertiary/aromatic N) is 2. The highest BCUT2D eigenvalue weighted by atomic mass is 16.5. The Hall–Kier alpha value is -2.30. The van der Waals surface area contributed by atoms with Crippen molar-refractivity contribution in [3.8, 4) is 5.75 Å². The van der Waals surface area contributed by atoms with E-state index in [0.717, 1.165) is 5.75 Å². The highest BCUT2D eigenvalue weighted by molar-refractivity contribution is 6.41. The van der Waals surface area contributed by atoms with E-state index in [0.29, 0.717) is 31.9 Å². The normalized spacial score (nSPS) is 15.4. The fourth-order valence-corrected chi connectivity index (χ4v) is 2.14. The molecule has 1 saturated heterocycles. The number of carbonyl (C=O) groups is 2. The lowest BCUT2D eigenvalue weighted by Gasteiger charge is -2.33. The van der Waals surface area contributed by atoms with Crippen LogP contribution >= 0.6 is 0 Å². The Balaban J connectivity index is 2.11. The minimum atomic E-state index is -0.498. The predicted octanol–water partition coefficient (Wildman–Crippen LogP) is 1.45. The second-order valence-electron chi connectivity index (χ2n) is 4.42. The van der Waals surface area contributed by atoms with Crippen molar-refractivity contribution < 1.29 is 14.3 Å². The molecule has 0 aliphatic carbocycles. The fourth-order valence-electron chi connectivity index (χ4n) is 2.14. The molecule has 0 radical (unpaired) electrons. The molecule has 5 heteroatoms. The molecule has 2 amide bonds. The van der Waals surface area contributed by atoms with E-state index < -0.39 is 11.8 Å². The summed E-state index contributed by atoms with van der Waals surface area (Å²) in [5.74, 6) is -0.229. The van der Waals surface area contributed by atoms with E-state index in [9.17, 15) is 9.59 Å². The van der Waals surface area contributed by atoms with Gasteiger partial charge in [-0.15, -0.1) is 6.58 Å². The van der Waals surface area contributed by atoms with E-state index in [-0.39, 0.29) is 0 Å². The van der Waals surface area contributed by atoms with Gasteiger partial charge < -0.3 is 14.5 Å². The van der Waals surface area contributed by atoms with Crippen LogP contribution in [0, 0.1) is 0 Å². The van der Waals surface area contributed by atoms with Gasteiger partial charge in [-0.1, -0.05) is 6.08 Å². The lowest BCUT2D eigenvalue weighted by Crippen LogP contribution is -2.54. The maximum atomic E-state index is 12.1. The van der Waals surface area contributed by atoms with Crippen LogP contribution in [0.3, 0.4) is 0 Å². The average molecular weight is 274 g/mol. The molecule has 2 rings (SSSR count). The summed E-state index contributed by atoms with van der Waals surface area (Å²) in [6.45, 7) is 7.51. The van der Waals surface area contributed by atoms with Gasteiger partial charge >= 0.3 is 11.8 Å². The largest absolute Gasteiger partial charge is 0.494 e. The van der Waals surface area contributed by atoms with E-state index in [1.807, 2.05) is 6.92 Å². The van der Waals surface area contributed by atoms with Crippen molar-refractivity contribution in [3.63, 3.8) is 0 Å². The molecule has 1 heterocycles. The number of hydrogen-bond acceptors (Lipinski definition) is 3. The van der Waals surface area contributed by atoms with Crippen LogP contribution in [-0.4, -0.2) is 43.0 Å². The van der Waals surface area contributed by atoms with Crippen molar-refractivity contribution in [2.45, 2.75) is 6.92 Å². The molecule has 0 unspecified atom stereocenters. The number of benzene rings is 1. The summed E-state index contributed by atoms with van der Waals surface area (Å²) in [6, 6.07) is 7.18. The highest BCUT2D eigenvalue weighted by Crippen LogP contribution is 2.21. The van der Waals surface area contributed by atoms with E-state index in [4.69, 9.17) is 4.74 Å². The molecule has 106 valence electrons. The Morgan fingerprint density at radius 1 is 1.20 bits per heavy atom. The molecular weight excluding hydrogens is 256 g/mol. The van der Waals surface area contributed by atoms with Crippen LogP contribution in [0.4, 0.5) is 5.69 Å². The summed E-state index contributed by atoms with van der Waals surface area (Å²) >= 11 is 0. The topological polar surface area (TPSA) is 49.9 Å². The molecule has 1 aliphatic rings. The van der Waals surface area contributed by atoms with Gasteiger partial charge in [-0.3, -0.25) is 9.59 Å². The molecule has 0 saturated carbocycles. The first kappa shape index (κ1) is 14.1. The number of ether oxygens (including phenoxy) is 1. The first-order valence-corrected chi connectivity index (χ1v) is 6.62. The zero-order valence-electron chi connectivity index (χ0n) is 11.5. The van der Waals surface area contributed by atoms with Crippen LogP contribution in [0.1, 0.15) is 6.92 Å². The van der Waals surface area contributed by atoms with E-state index >= 15 is 0 Å². The van der Waals surface area contributed by atoms with Crippen LogP contribution in [0.2, 0.25) is 0 Å². The molecule has 0 aromatic heterocycles. The molecule has 1 aliphatic heterocycles. The number of hydrogen-bond donors (Lipinski definition) is 0. The minimum Gasteiger partial charge on any atom is -0.494 e. The Kier molecular flexibility index (Phi) is 4.40. The molecule has 1 aromatic rings. The number of rotatable bonds is 5. The second-order valence-corrected chi connectivity index (χ2v) is 4.42. The molecule has 1 aromatic carbocycles. The summed E-state index contributed by atoms with van der Waals surface area (Å²) in [5, 5.41) is 0. The van der Waals surface area contributed by atoms with Gasteiger partial charge in [-0.25, -0.2) is 0 Å². The number of amides is 2. The smallest absolute Gasteiger partial charge is 0.316 e. The molecule has 0 spiro atoms. The van der Waals surface area contributed by atoms with E-state index in [1.54, 1.807) is 30.3 Å². The molecule has 5 nitrogen and oxygen atoms in total. The third kappa shape index (κ3) is 2.82. The van der Waals surface area contributed by atoms with Gasteiger partial charge in [0.05, 0.1) is 6.61 Å². The predicted molar refractivity (Wildman–Crippen MR) is 76.7 cm³/mol. The number of piperazine rings is 1. The second kappa shape index (κ2) is 6.23. The SMILES string of the molecule is C=CCN1CCN(c2ccc(OCC)cc2)C(=O)C1=O. The summed E-state index contributed by atoms with van der Waals surface area (Å²) in [7, 11) is 0. The van der Waals surface area contributed by atoms with Gasteiger partial charge in [0, 0.05) is 25.3 Å². The van der Waals surface area contributed by atoms with Crippen LogP contribution in [0.25, 0.3) is 0 Å². The zero-order valence-corrected chi connectivity index (χ0v) is 11.5. The van der Waals surface area contributed by atoms with Crippen molar-refractivity contribution in [2.24, 2.45) is 0 Å². The van der Waals surface area contributed by atoms with Crippen LogP contribution in [-0.2, 0) is 9.59 Å². The zero-order chi connectivity index (χ0) is 14.5. The summed E-state index contributed by atoms with van der Waals surface area (Å²) in [6.07, 6.45) is 1.62. The average Bonchev–Trinajstić information content (AvgIpc) is 2.46. The first-order chi connectivity index (χ1) is 9.67. The molecule has 0 atom stereocenters. The maximum Gasteiger partial charge on any atom is 0.316 e. The van der Waals surface area contributed by atoms with E-state index in [1.165, 1.54) is 9.80 Å². The van der Waals surface area contributed by atoms with Crippen molar-refractivity contribution in [2.75, 3.05) is 31.1 Å². The summed E-state index contributed by atoms with van der Waals surface area (Å²) < 4.78 is 5.36. The highest BCUT2D eigenvalue weighted by Gasteiger charge is 2.32. The quantitative estimate of drug-likeness (QED) is 0.603. The minimum absolute atomic E-state index is 0.404. The van der Waals surface area contributed by atoms with Crippen molar-refractivity contribution in [1.82, 2.24) is 4.90 Å². The van der Waals surface area contributed by atoms with E-state index in [2.05, 4.69) is 6.58 Å². The third-order valence-corrected chi connectivity index (χ3v) is 3.12. The summed E-state index contributed by atoms with van der Waals surface area (Å²) in [4.78, 5) is 27.0. The lowest BCUT2D eigenvalue weighted by molar-refractivity contribution is -0.145. The maximum absolute atomic E-state index is 12.1. The Morgan fingerprint density at radius 3 is 2.50 bits per heavy atom. The Labute approximate surface area is 118 Å². The van der Waals surface area contributed by atoms with Gasteiger partial charge in [0.15, 0.2) is 0 Å². The number of carbonyl (C=O) groups excluding carboxylic acids is 2. The molecule has 0 N–H and O–H groups in total. The Bertz CT molecular complexity index is 510. The van der Waals surface area contributed by atoms with Gasteiger partial charge in [-0.05, 0) is 31.2 Å². The molecule has 20 heavy (non-hydrogen) atoms. The Morgan fingerprint density at radius 2 is 1.90 bits per heavy atom. The summed E-state index contributed by atoms with van der Waals surface area (Å²) in [5.41, 5.74) is 0.713. The van der Waals surface area contributed by atoms with Gasteiger partial charge in [-0.2, -0.15) is 0 Å². The van der Waals surface area contributed by atoms with Gasteiger partial charge in [0.2, 0.25) is 0 Å². The monoisotopic (exact) mass is 274 g/mol. The van der Waals surface area contributed by atoms with Gasteiger partial charge in [0.1, 0.15) is 5.75 Å². The van der Waals surface area contributed by atoms with Crippen LogP contribution in [0.15, 0.2) is 36.9 Å². The third-order valence-electron chi connectivity index (χ3n) is 3.12. The standard InChI is InChI=1S/C15H18N2O3/c1-3-9-16-10-11-17(15(19)14(16)18)12-5-7-13(8-6-12)20-4-2/h3,5-8H,1,4,9-11H2,2H3. The molecule has 1 fully saturated rings. The molecule has 0 bridgehead atoms. The van der Waals surface area contributed by atoms with Crippen LogP contribution in [0.5, 0.6) is 5.75 Å². The van der Waals surface area contributed by atoms with Crippen molar-refractivity contribution in [3.05, 3.63) is 36.9 Å². The van der Waals surface area contributed by atoms with Crippen molar-refractivity contribution >= 4 is 17.5 Å².